The maximum Gasteiger partial charge on any atom is 0.408 e. The minimum Gasteiger partial charge on any atom is -0.444 e. The van der Waals surface area contributed by atoms with Crippen molar-refractivity contribution in [3.8, 4) is 6.07 Å². The van der Waals surface area contributed by atoms with Crippen LogP contribution in [0.15, 0.2) is 18.2 Å². The molecule has 35 heavy (non-hydrogen) atoms. The zero-order chi connectivity index (χ0) is 26.6. The van der Waals surface area contributed by atoms with Crippen molar-refractivity contribution < 1.29 is 19.1 Å². The minimum absolute atomic E-state index is 0.302. The van der Waals surface area contributed by atoms with Crippen LogP contribution >= 0.6 is 11.8 Å². The Balaban J connectivity index is 3.44. The third kappa shape index (κ3) is 10.2. The molecule has 1 aromatic rings. The first-order chi connectivity index (χ1) is 16.4. The predicted molar refractivity (Wildman–Crippen MR) is 140 cm³/mol. The molecule has 9 heteroatoms. The van der Waals surface area contributed by atoms with Crippen molar-refractivity contribution in [2.75, 3.05) is 25.1 Å². The molecule has 3 amide bonds. The summed E-state index contributed by atoms with van der Waals surface area (Å²) in [6, 6.07) is 5.79. The van der Waals surface area contributed by atoms with Crippen LogP contribution in [0.3, 0.4) is 0 Å². The Bertz CT molecular complexity index is 908. The van der Waals surface area contributed by atoms with Crippen LogP contribution in [-0.2, 0) is 14.3 Å². The van der Waals surface area contributed by atoms with Gasteiger partial charge in [-0.2, -0.15) is 17.0 Å². The van der Waals surface area contributed by atoms with Crippen molar-refractivity contribution in [2.45, 2.75) is 78.5 Å². The van der Waals surface area contributed by atoms with E-state index in [0.717, 1.165) is 24.0 Å². The molecule has 1 aromatic carbocycles. The van der Waals surface area contributed by atoms with Gasteiger partial charge in [-0.1, -0.05) is 37.1 Å². The van der Waals surface area contributed by atoms with E-state index in [0.29, 0.717) is 24.3 Å². The summed E-state index contributed by atoms with van der Waals surface area (Å²) in [4.78, 5) is 41.0. The van der Waals surface area contributed by atoms with Gasteiger partial charge in [0.1, 0.15) is 24.2 Å². The lowest BCUT2D eigenvalue weighted by atomic mass is 9.96. The van der Waals surface area contributed by atoms with Gasteiger partial charge in [0.05, 0.1) is 6.07 Å². The molecule has 0 aromatic heterocycles. The molecule has 2 N–H and O–H groups in total. The van der Waals surface area contributed by atoms with E-state index in [2.05, 4.69) is 10.6 Å². The normalized spacial score (nSPS) is 12.7. The molecule has 2 unspecified atom stereocenters. The zero-order valence-electron chi connectivity index (χ0n) is 22.1. The van der Waals surface area contributed by atoms with Crippen molar-refractivity contribution >= 4 is 29.7 Å². The summed E-state index contributed by atoms with van der Waals surface area (Å²) in [7, 11) is 0. The molecule has 0 saturated heterocycles. The van der Waals surface area contributed by atoms with Crippen LogP contribution in [-0.4, -0.2) is 59.5 Å². The highest BCUT2D eigenvalue weighted by Gasteiger charge is 2.36. The van der Waals surface area contributed by atoms with Crippen LogP contribution in [0.1, 0.15) is 69.7 Å². The lowest BCUT2D eigenvalue weighted by molar-refractivity contribution is -0.141. The van der Waals surface area contributed by atoms with Crippen LogP contribution in [0.5, 0.6) is 0 Å². The fraction of sp³-hybridized carbons (Fsp3) is 0.615. The third-order valence-corrected chi connectivity index (χ3v) is 5.89. The SMILES string of the molecule is CCCCNC(=O)C(c1cc(C)ccc1C)N(CC#N)C(=O)C(CCSC)NC(=O)OC(C)(C)C. The number of carbonyl (C=O) groups is 3. The second-order valence-corrected chi connectivity index (χ2v) is 10.5. The Labute approximate surface area is 214 Å². The lowest BCUT2D eigenvalue weighted by Gasteiger charge is -2.33. The monoisotopic (exact) mass is 504 g/mol. The fourth-order valence-electron chi connectivity index (χ4n) is 3.51. The summed E-state index contributed by atoms with van der Waals surface area (Å²) in [5, 5.41) is 15.2. The molecule has 8 nitrogen and oxygen atoms in total. The van der Waals surface area contributed by atoms with E-state index < -0.39 is 29.7 Å². The first-order valence-corrected chi connectivity index (χ1v) is 13.3. The number of hydrogen-bond acceptors (Lipinski definition) is 6. The van der Waals surface area contributed by atoms with Crippen molar-refractivity contribution in [1.82, 2.24) is 15.5 Å². The summed E-state index contributed by atoms with van der Waals surface area (Å²) < 4.78 is 5.36. The summed E-state index contributed by atoms with van der Waals surface area (Å²) in [5.41, 5.74) is 1.70. The zero-order valence-corrected chi connectivity index (χ0v) is 22.9. The maximum atomic E-state index is 13.8. The molecule has 0 saturated carbocycles. The quantitative estimate of drug-likeness (QED) is 0.325. The fourth-order valence-corrected chi connectivity index (χ4v) is 3.98. The number of rotatable bonds is 12. The highest BCUT2D eigenvalue weighted by molar-refractivity contribution is 7.98. The number of amides is 3. The Hall–Kier alpha value is -2.73. The number of aryl methyl sites for hydroxylation is 2. The number of benzene rings is 1. The highest BCUT2D eigenvalue weighted by atomic mass is 32.2. The first kappa shape index (κ1) is 30.3. The Kier molecular flexibility index (Phi) is 12.7. The van der Waals surface area contributed by atoms with E-state index in [-0.39, 0.29) is 12.5 Å². The largest absolute Gasteiger partial charge is 0.444 e. The molecule has 0 bridgehead atoms. The van der Waals surface area contributed by atoms with Crippen molar-refractivity contribution in [2.24, 2.45) is 0 Å². The van der Waals surface area contributed by atoms with E-state index in [4.69, 9.17) is 4.74 Å². The average molecular weight is 505 g/mol. The van der Waals surface area contributed by atoms with Crippen molar-refractivity contribution in [3.63, 3.8) is 0 Å². The number of thioether (sulfide) groups is 1. The standard InChI is InChI=1S/C26H40N4O4S/c1-8-9-14-28-23(31)22(20-17-18(2)10-11-19(20)3)30(15-13-27)24(32)21(12-16-35-7)29-25(33)34-26(4,5)6/h10-11,17,21-22H,8-9,12,14-16H2,1-7H3,(H,28,31)(H,29,33). The van der Waals surface area contributed by atoms with Gasteiger partial charge < -0.3 is 20.3 Å². The predicted octanol–water partition coefficient (Wildman–Crippen LogP) is 4.26. The van der Waals surface area contributed by atoms with Crippen LogP contribution in [0.2, 0.25) is 0 Å². The van der Waals surface area contributed by atoms with E-state index in [1.807, 2.05) is 51.3 Å². The second-order valence-electron chi connectivity index (χ2n) is 9.51. The number of nitrogens with one attached hydrogen (secondary N) is 2. The number of unbranched alkanes of at least 4 members (excludes halogenated alkanes) is 1. The third-order valence-electron chi connectivity index (χ3n) is 5.24. The van der Waals surface area contributed by atoms with Gasteiger partial charge in [-0.3, -0.25) is 9.59 Å². The Morgan fingerprint density at radius 1 is 1.23 bits per heavy atom. The number of nitrogens with zero attached hydrogens (tertiary/aromatic N) is 2. The average Bonchev–Trinajstić information content (AvgIpc) is 2.77. The number of ether oxygens (including phenoxy) is 1. The van der Waals surface area contributed by atoms with Crippen LogP contribution in [0.4, 0.5) is 4.79 Å². The topological polar surface area (TPSA) is 112 Å². The van der Waals surface area contributed by atoms with Gasteiger partial charge in [0.2, 0.25) is 11.8 Å². The molecule has 0 aliphatic carbocycles. The molecular weight excluding hydrogens is 464 g/mol. The summed E-state index contributed by atoms with van der Waals surface area (Å²) >= 11 is 1.53. The number of nitriles is 1. The van der Waals surface area contributed by atoms with Crippen molar-refractivity contribution in [3.05, 3.63) is 34.9 Å². The minimum atomic E-state index is -1.00. The summed E-state index contributed by atoms with van der Waals surface area (Å²) in [6.07, 6.45) is 3.23. The molecule has 0 fully saturated rings. The van der Waals surface area contributed by atoms with Gasteiger partial charge >= 0.3 is 6.09 Å². The number of hydrogen-bond donors (Lipinski definition) is 2. The van der Waals surface area contributed by atoms with E-state index in [1.165, 1.54) is 16.7 Å². The first-order valence-electron chi connectivity index (χ1n) is 12.0. The molecular formula is C26H40N4O4S. The Morgan fingerprint density at radius 3 is 2.49 bits per heavy atom. The van der Waals surface area contributed by atoms with Gasteiger partial charge in [-0.25, -0.2) is 4.79 Å². The summed E-state index contributed by atoms with van der Waals surface area (Å²) in [5.74, 6) is -0.247. The van der Waals surface area contributed by atoms with E-state index in [1.54, 1.807) is 20.8 Å². The van der Waals surface area contributed by atoms with Gasteiger partial charge in [0.15, 0.2) is 0 Å². The van der Waals surface area contributed by atoms with Gasteiger partial charge in [0.25, 0.3) is 0 Å². The second kappa shape index (κ2) is 14.6. The molecule has 1 rings (SSSR count). The van der Waals surface area contributed by atoms with E-state index >= 15 is 0 Å². The summed E-state index contributed by atoms with van der Waals surface area (Å²) in [6.45, 7) is 11.2. The number of carbonyl (C=O) groups excluding carboxylic acids is 3. The van der Waals surface area contributed by atoms with Crippen LogP contribution in [0, 0.1) is 25.2 Å². The van der Waals surface area contributed by atoms with Gasteiger partial charge in [0, 0.05) is 6.54 Å². The van der Waals surface area contributed by atoms with Gasteiger partial charge in [-0.15, -0.1) is 0 Å². The molecule has 0 radical (unpaired) electrons. The van der Waals surface area contributed by atoms with Crippen molar-refractivity contribution in [1.29, 1.82) is 5.26 Å². The van der Waals surface area contributed by atoms with E-state index in [9.17, 15) is 19.6 Å². The maximum absolute atomic E-state index is 13.8. The molecule has 0 aliphatic rings. The molecule has 0 aliphatic heterocycles. The van der Waals surface area contributed by atoms with Crippen LogP contribution < -0.4 is 10.6 Å². The highest BCUT2D eigenvalue weighted by Crippen LogP contribution is 2.27. The van der Waals surface area contributed by atoms with Crippen LogP contribution in [0.25, 0.3) is 0 Å². The molecule has 194 valence electrons. The number of alkyl carbamates (subject to hydrolysis) is 1. The lowest BCUT2D eigenvalue weighted by Crippen LogP contribution is -2.53. The van der Waals surface area contributed by atoms with Gasteiger partial charge in [-0.05, 0) is 70.6 Å². The molecule has 0 spiro atoms. The molecule has 0 heterocycles. The Morgan fingerprint density at radius 2 is 1.91 bits per heavy atom. The smallest absolute Gasteiger partial charge is 0.408 e. The molecule has 2 atom stereocenters.